The molecule has 0 bridgehead atoms. The van der Waals surface area contributed by atoms with Crippen LogP contribution in [0.1, 0.15) is 34.3 Å². The van der Waals surface area contributed by atoms with E-state index in [1.807, 2.05) is 31.2 Å². The van der Waals surface area contributed by atoms with Gasteiger partial charge in [0.05, 0.1) is 23.5 Å². The number of piperidine rings is 1. The summed E-state index contributed by atoms with van der Waals surface area (Å²) in [5.41, 5.74) is 2.02. The first-order chi connectivity index (χ1) is 16.2. The van der Waals surface area contributed by atoms with Crippen molar-refractivity contribution >= 4 is 27.9 Å². The Labute approximate surface area is 199 Å². The zero-order valence-corrected chi connectivity index (χ0v) is 20.0. The first-order valence-electron chi connectivity index (χ1n) is 10.9. The van der Waals surface area contributed by atoms with Crippen molar-refractivity contribution in [2.24, 2.45) is 5.92 Å². The van der Waals surface area contributed by atoms with Gasteiger partial charge in [-0.1, -0.05) is 42.0 Å². The van der Waals surface area contributed by atoms with Gasteiger partial charge in [0.15, 0.2) is 6.61 Å². The molecule has 2 aromatic rings. The van der Waals surface area contributed by atoms with Gasteiger partial charge < -0.3 is 14.8 Å². The maximum Gasteiger partial charge on any atom is 0.339 e. The summed E-state index contributed by atoms with van der Waals surface area (Å²) in [6.07, 6.45) is 0.507. The van der Waals surface area contributed by atoms with Gasteiger partial charge in [-0.25, -0.2) is 13.2 Å². The van der Waals surface area contributed by atoms with Gasteiger partial charge in [-0.3, -0.25) is 9.59 Å². The minimum atomic E-state index is -3.94. The van der Waals surface area contributed by atoms with Crippen molar-refractivity contribution in [3.8, 4) is 0 Å². The Hall–Kier alpha value is -3.24. The first-order valence-corrected chi connectivity index (χ1v) is 12.3. The Morgan fingerprint density at radius 2 is 1.68 bits per heavy atom. The number of hydrogen-bond donors (Lipinski definition) is 1. The molecule has 10 heteroatoms. The second kappa shape index (κ2) is 11.3. The van der Waals surface area contributed by atoms with E-state index in [2.05, 4.69) is 10.1 Å². The van der Waals surface area contributed by atoms with E-state index in [0.717, 1.165) is 11.1 Å². The van der Waals surface area contributed by atoms with Crippen LogP contribution in [0.25, 0.3) is 0 Å². The number of amides is 1. The summed E-state index contributed by atoms with van der Waals surface area (Å²) in [7, 11) is -2.76. The van der Waals surface area contributed by atoms with Crippen molar-refractivity contribution in [3.05, 3.63) is 65.2 Å². The normalized spacial score (nSPS) is 14.9. The summed E-state index contributed by atoms with van der Waals surface area (Å²) in [5, 5.41) is 2.70. The van der Waals surface area contributed by atoms with E-state index in [1.54, 1.807) is 6.07 Å². The van der Waals surface area contributed by atoms with Crippen LogP contribution in [0, 0.1) is 12.8 Å². The highest BCUT2D eigenvalue weighted by Gasteiger charge is 2.35. The highest BCUT2D eigenvalue weighted by atomic mass is 32.2. The fraction of sp³-hybridized carbons (Fsp3) is 0.375. The van der Waals surface area contributed by atoms with Crippen molar-refractivity contribution < 1.29 is 32.3 Å². The van der Waals surface area contributed by atoms with Crippen molar-refractivity contribution in [1.29, 1.82) is 0 Å². The molecule has 1 fully saturated rings. The molecule has 9 nitrogen and oxygen atoms in total. The van der Waals surface area contributed by atoms with Gasteiger partial charge in [-0.15, -0.1) is 0 Å². The molecule has 0 aromatic heterocycles. The Morgan fingerprint density at radius 1 is 1.03 bits per heavy atom. The Kier molecular flexibility index (Phi) is 8.41. The molecule has 182 valence electrons. The SMILES string of the molecule is COC(=O)c1ccccc1S(=O)(=O)N1CCC(C(=O)OCC(=O)NCc2ccc(C)cc2)CC1. The van der Waals surface area contributed by atoms with E-state index >= 15 is 0 Å². The number of nitrogens with zero attached hydrogens (tertiary/aromatic N) is 1. The largest absolute Gasteiger partial charge is 0.465 e. The van der Waals surface area contributed by atoms with Gasteiger partial charge in [0, 0.05) is 19.6 Å². The molecule has 1 N–H and O–H groups in total. The highest BCUT2D eigenvalue weighted by Crippen LogP contribution is 2.26. The molecule has 2 aromatic carbocycles. The zero-order chi connectivity index (χ0) is 24.7. The predicted octanol–water partition coefficient (Wildman–Crippen LogP) is 2.04. The molecular weight excluding hydrogens is 460 g/mol. The minimum Gasteiger partial charge on any atom is -0.465 e. The van der Waals surface area contributed by atoms with Gasteiger partial charge >= 0.3 is 11.9 Å². The lowest BCUT2D eigenvalue weighted by Gasteiger charge is -2.30. The monoisotopic (exact) mass is 488 g/mol. The first kappa shape index (κ1) is 25.4. The van der Waals surface area contributed by atoms with Crippen molar-refractivity contribution in [2.45, 2.75) is 31.2 Å². The topological polar surface area (TPSA) is 119 Å². The number of nitrogens with one attached hydrogen (secondary N) is 1. The summed E-state index contributed by atoms with van der Waals surface area (Å²) in [6.45, 7) is 2.10. The van der Waals surface area contributed by atoms with Crippen molar-refractivity contribution in [1.82, 2.24) is 9.62 Å². The van der Waals surface area contributed by atoms with E-state index in [-0.39, 0.29) is 36.4 Å². The smallest absolute Gasteiger partial charge is 0.339 e. The molecule has 0 unspecified atom stereocenters. The molecule has 3 rings (SSSR count). The molecule has 0 aliphatic carbocycles. The van der Waals surface area contributed by atoms with Crippen LogP contribution >= 0.6 is 0 Å². The van der Waals surface area contributed by atoms with E-state index in [9.17, 15) is 22.8 Å². The minimum absolute atomic E-state index is 0.0387. The lowest BCUT2D eigenvalue weighted by Crippen LogP contribution is -2.41. The number of methoxy groups -OCH3 is 1. The molecule has 34 heavy (non-hydrogen) atoms. The third-order valence-corrected chi connectivity index (χ3v) is 7.61. The Morgan fingerprint density at radius 3 is 2.32 bits per heavy atom. The number of carbonyl (C=O) groups excluding carboxylic acids is 3. The Bertz CT molecular complexity index is 1140. The van der Waals surface area contributed by atoms with Crippen LogP contribution in [0.2, 0.25) is 0 Å². The molecule has 0 radical (unpaired) electrons. The fourth-order valence-electron chi connectivity index (χ4n) is 3.65. The third-order valence-electron chi connectivity index (χ3n) is 5.65. The molecule has 0 spiro atoms. The number of aryl methyl sites for hydroxylation is 1. The molecule has 1 amide bonds. The van der Waals surface area contributed by atoms with Crippen LogP contribution in [0.5, 0.6) is 0 Å². The summed E-state index contributed by atoms with van der Waals surface area (Å²) >= 11 is 0. The van der Waals surface area contributed by atoms with E-state index in [4.69, 9.17) is 4.74 Å². The zero-order valence-electron chi connectivity index (χ0n) is 19.2. The second-order valence-electron chi connectivity index (χ2n) is 8.04. The standard InChI is InChI=1S/C24H28N2O7S/c1-17-7-9-18(10-8-17)15-25-22(27)16-33-23(28)19-11-13-26(14-12-19)34(30,31)21-6-4-3-5-20(21)24(29)32-2/h3-10,19H,11-16H2,1-2H3,(H,25,27). The number of sulfonamides is 1. The predicted molar refractivity (Wildman–Crippen MR) is 123 cm³/mol. The van der Waals surface area contributed by atoms with Crippen LogP contribution < -0.4 is 5.32 Å². The lowest BCUT2D eigenvalue weighted by molar-refractivity contribution is -0.153. The molecule has 0 atom stereocenters. The van der Waals surface area contributed by atoms with Crippen molar-refractivity contribution in [3.63, 3.8) is 0 Å². The van der Waals surface area contributed by atoms with Gasteiger partial charge in [-0.05, 0) is 37.5 Å². The molecule has 0 saturated carbocycles. The lowest BCUT2D eigenvalue weighted by atomic mass is 9.98. The van der Waals surface area contributed by atoms with Crippen LogP contribution in [-0.4, -0.2) is 57.4 Å². The summed E-state index contributed by atoms with van der Waals surface area (Å²) in [5.74, 6) is -2.18. The van der Waals surface area contributed by atoms with Gasteiger partial charge in [0.25, 0.3) is 5.91 Å². The quantitative estimate of drug-likeness (QED) is 0.565. The average Bonchev–Trinajstić information content (AvgIpc) is 2.86. The summed E-state index contributed by atoms with van der Waals surface area (Å²) in [4.78, 5) is 36.2. The summed E-state index contributed by atoms with van der Waals surface area (Å²) in [6, 6.07) is 13.6. The molecule has 1 aliphatic rings. The number of rotatable bonds is 8. The van der Waals surface area contributed by atoms with E-state index < -0.39 is 40.4 Å². The number of esters is 2. The molecule has 1 heterocycles. The number of benzene rings is 2. The maximum atomic E-state index is 13.1. The van der Waals surface area contributed by atoms with Gasteiger partial charge in [0.2, 0.25) is 10.0 Å². The van der Waals surface area contributed by atoms with Crippen LogP contribution in [0.3, 0.4) is 0 Å². The van der Waals surface area contributed by atoms with Crippen LogP contribution in [0.4, 0.5) is 0 Å². The van der Waals surface area contributed by atoms with Crippen LogP contribution in [-0.2, 0) is 35.6 Å². The van der Waals surface area contributed by atoms with Crippen LogP contribution in [0.15, 0.2) is 53.4 Å². The average molecular weight is 489 g/mol. The molecule has 1 saturated heterocycles. The van der Waals surface area contributed by atoms with Crippen molar-refractivity contribution in [2.75, 3.05) is 26.8 Å². The maximum absolute atomic E-state index is 13.1. The van der Waals surface area contributed by atoms with Gasteiger partial charge in [-0.2, -0.15) is 4.31 Å². The molecular formula is C24H28N2O7S. The number of carbonyl (C=O) groups is 3. The van der Waals surface area contributed by atoms with Gasteiger partial charge in [0.1, 0.15) is 0 Å². The fourth-order valence-corrected chi connectivity index (χ4v) is 5.30. The highest BCUT2D eigenvalue weighted by molar-refractivity contribution is 7.89. The van der Waals surface area contributed by atoms with E-state index in [0.29, 0.717) is 6.54 Å². The number of ether oxygens (including phenoxy) is 2. The summed E-state index contributed by atoms with van der Waals surface area (Å²) < 4.78 is 37.2. The molecule has 1 aliphatic heterocycles. The number of hydrogen-bond acceptors (Lipinski definition) is 7. The third kappa shape index (κ3) is 6.21. The van der Waals surface area contributed by atoms with E-state index in [1.165, 1.54) is 29.6 Å². The Balaban J connectivity index is 1.49. The second-order valence-corrected chi connectivity index (χ2v) is 9.94.